The van der Waals surface area contributed by atoms with Crippen molar-refractivity contribution in [2.45, 2.75) is 0 Å². The Kier molecular flexibility index (Phi) is 4.41. The molecule has 3 N–H and O–H groups in total. The van der Waals surface area contributed by atoms with Crippen molar-refractivity contribution >= 4 is 44.8 Å². The molecule has 1 aromatic heterocycles. The second-order valence-electron chi connectivity index (χ2n) is 4.86. The number of furan rings is 1. The number of hydrogen-bond acceptors (Lipinski definition) is 3. The molecule has 3 rings (SSSR count). The molecule has 0 fully saturated rings. The highest BCUT2D eigenvalue weighted by Gasteiger charge is 2.13. The molecular formula is C17H12BrClN2O2. The van der Waals surface area contributed by atoms with Gasteiger partial charge in [0.1, 0.15) is 5.76 Å². The number of amides is 1. The second kappa shape index (κ2) is 6.48. The quantitative estimate of drug-likeness (QED) is 0.603. The van der Waals surface area contributed by atoms with Gasteiger partial charge in [-0.25, -0.2) is 0 Å². The van der Waals surface area contributed by atoms with Gasteiger partial charge in [0.15, 0.2) is 5.76 Å². The third-order valence-electron chi connectivity index (χ3n) is 3.22. The minimum atomic E-state index is -0.373. The van der Waals surface area contributed by atoms with Gasteiger partial charge in [-0.1, -0.05) is 39.7 Å². The molecule has 0 radical (unpaired) electrons. The van der Waals surface area contributed by atoms with Crippen molar-refractivity contribution in [3.63, 3.8) is 0 Å². The molecule has 0 aliphatic heterocycles. The summed E-state index contributed by atoms with van der Waals surface area (Å²) in [5.74, 6) is 0.450. The molecule has 0 aliphatic carbocycles. The molecule has 0 aliphatic rings. The summed E-state index contributed by atoms with van der Waals surface area (Å²) in [4.78, 5) is 12.2. The lowest BCUT2D eigenvalue weighted by Crippen LogP contribution is -2.12. The lowest BCUT2D eigenvalue weighted by Gasteiger charge is -2.07. The predicted octanol–water partition coefficient (Wildman–Crippen LogP) is 5.20. The van der Waals surface area contributed by atoms with Gasteiger partial charge in [0.2, 0.25) is 0 Å². The molecule has 0 saturated heterocycles. The SMILES string of the molecule is Nc1cc(Cl)ccc1NC(=O)c1ccc(-c2ccc(Br)cc2)o1. The zero-order valence-electron chi connectivity index (χ0n) is 11.8. The lowest BCUT2D eigenvalue weighted by atomic mass is 10.2. The van der Waals surface area contributed by atoms with Gasteiger partial charge in [0.05, 0.1) is 11.4 Å². The van der Waals surface area contributed by atoms with Crippen molar-refractivity contribution in [2.75, 3.05) is 11.1 Å². The van der Waals surface area contributed by atoms with Gasteiger partial charge in [-0.05, 0) is 42.5 Å². The smallest absolute Gasteiger partial charge is 0.291 e. The second-order valence-corrected chi connectivity index (χ2v) is 6.21. The van der Waals surface area contributed by atoms with Crippen LogP contribution in [0, 0.1) is 0 Å². The summed E-state index contributed by atoms with van der Waals surface area (Å²) in [6.07, 6.45) is 0. The number of anilines is 2. The minimum Gasteiger partial charge on any atom is -0.451 e. The Bertz CT molecular complexity index is 859. The highest BCUT2D eigenvalue weighted by molar-refractivity contribution is 9.10. The summed E-state index contributed by atoms with van der Waals surface area (Å²) in [5.41, 5.74) is 7.59. The van der Waals surface area contributed by atoms with Crippen LogP contribution in [0.15, 0.2) is 63.5 Å². The van der Waals surface area contributed by atoms with Crippen molar-refractivity contribution in [3.8, 4) is 11.3 Å². The van der Waals surface area contributed by atoms with E-state index in [4.69, 9.17) is 21.8 Å². The highest BCUT2D eigenvalue weighted by Crippen LogP contribution is 2.26. The third-order valence-corrected chi connectivity index (χ3v) is 3.98. The molecule has 0 unspecified atom stereocenters. The Hall–Kier alpha value is -2.24. The van der Waals surface area contributed by atoms with Crippen LogP contribution in [0.4, 0.5) is 11.4 Å². The van der Waals surface area contributed by atoms with Crippen LogP contribution in [0.25, 0.3) is 11.3 Å². The molecule has 6 heteroatoms. The predicted molar refractivity (Wildman–Crippen MR) is 95.7 cm³/mol. The van der Waals surface area contributed by atoms with Crippen molar-refractivity contribution < 1.29 is 9.21 Å². The maximum atomic E-state index is 12.2. The number of halogens is 2. The molecule has 0 bridgehead atoms. The molecule has 1 amide bonds. The van der Waals surface area contributed by atoms with Crippen molar-refractivity contribution in [3.05, 3.63) is 69.9 Å². The van der Waals surface area contributed by atoms with Crippen LogP contribution in [0.5, 0.6) is 0 Å². The number of nitrogens with two attached hydrogens (primary N) is 1. The van der Waals surface area contributed by atoms with Crippen LogP contribution in [0.3, 0.4) is 0 Å². The van der Waals surface area contributed by atoms with Crippen LogP contribution in [0.2, 0.25) is 5.02 Å². The third kappa shape index (κ3) is 3.57. The summed E-state index contributed by atoms with van der Waals surface area (Å²) in [6, 6.07) is 15.9. The van der Waals surface area contributed by atoms with E-state index in [1.54, 1.807) is 30.3 Å². The number of carbonyl (C=O) groups excluding carboxylic acids is 1. The van der Waals surface area contributed by atoms with Crippen LogP contribution < -0.4 is 11.1 Å². The molecule has 4 nitrogen and oxygen atoms in total. The van der Waals surface area contributed by atoms with E-state index in [2.05, 4.69) is 21.2 Å². The molecule has 0 spiro atoms. The number of nitrogens with one attached hydrogen (secondary N) is 1. The number of benzene rings is 2. The van der Waals surface area contributed by atoms with E-state index in [1.807, 2.05) is 24.3 Å². The first-order chi connectivity index (χ1) is 11.0. The summed E-state index contributed by atoms with van der Waals surface area (Å²) in [6.45, 7) is 0. The highest BCUT2D eigenvalue weighted by atomic mass is 79.9. The molecule has 1 heterocycles. The fourth-order valence-electron chi connectivity index (χ4n) is 2.06. The fourth-order valence-corrected chi connectivity index (χ4v) is 2.51. The summed E-state index contributed by atoms with van der Waals surface area (Å²) >= 11 is 9.22. The minimum absolute atomic E-state index is 0.206. The molecule has 23 heavy (non-hydrogen) atoms. The maximum absolute atomic E-state index is 12.2. The van der Waals surface area contributed by atoms with E-state index >= 15 is 0 Å². The van der Waals surface area contributed by atoms with Gasteiger partial charge in [-0.2, -0.15) is 0 Å². The summed E-state index contributed by atoms with van der Waals surface area (Å²) < 4.78 is 6.59. The molecule has 3 aromatic rings. The first-order valence-corrected chi connectivity index (χ1v) is 7.92. The van der Waals surface area contributed by atoms with Crippen LogP contribution in [-0.4, -0.2) is 5.91 Å². The summed E-state index contributed by atoms with van der Waals surface area (Å²) in [5, 5.41) is 3.21. The molecule has 2 aromatic carbocycles. The number of hydrogen-bond donors (Lipinski definition) is 2. The normalized spacial score (nSPS) is 10.5. The zero-order chi connectivity index (χ0) is 16.4. The first-order valence-electron chi connectivity index (χ1n) is 6.75. The van der Waals surface area contributed by atoms with E-state index < -0.39 is 0 Å². The van der Waals surface area contributed by atoms with Gasteiger partial charge in [0.25, 0.3) is 5.91 Å². The molecule has 0 atom stereocenters. The zero-order valence-corrected chi connectivity index (χ0v) is 14.2. The largest absolute Gasteiger partial charge is 0.451 e. The van der Waals surface area contributed by atoms with Crippen molar-refractivity contribution in [1.29, 1.82) is 0 Å². The first kappa shape index (κ1) is 15.6. The Morgan fingerprint density at radius 2 is 1.83 bits per heavy atom. The van der Waals surface area contributed by atoms with Crippen molar-refractivity contribution in [1.82, 2.24) is 0 Å². The number of rotatable bonds is 3. The van der Waals surface area contributed by atoms with Crippen LogP contribution in [-0.2, 0) is 0 Å². The number of carbonyl (C=O) groups is 1. The standard InChI is InChI=1S/C17H12BrClN2O2/c18-11-3-1-10(2-4-11)15-7-8-16(23-15)17(22)21-14-6-5-12(19)9-13(14)20/h1-9H,20H2,(H,21,22). The van der Waals surface area contributed by atoms with Crippen molar-refractivity contribution in [2.24, 2.45) is 0 Å². The van der Waals surface area contributed by atoms with Gasteiger partial charge in [-0.15, -0.1) is 0 Å². The van der Waals surface area contributed by atoms with Gasteiger partial charge >= 0.3 is 0 Å². The van der Waals surface area contributed by atoms with E-state index in [-0.39, 0.29) is 11.7 Å². The Morgan fingerprint density at radius 3 is 2.52 bits per heavy atom. The maximum Gasteiger partial charge on any atom is 0.291 e. The van der Waals surface area contributed by atoms with E-state index in [0.717, 1.165) is 10.0 Å². The topological polar surface area (TPSA) is 68.3 Å². The Labute approximate surface area is 146 Å². The molecule has 116 valence electrons. The van der Waals surface area contributed by atoms with E-state index in [1.165, 1.54) is 0 Å². The van der Waals surface area contributed by atoms with Gasteiger partial charge < -0.3 is 15.5 Å². The fraction of sp³-hybridized carbons (Fsp3) is 0. The molecule has 0 saturated carbocycles. The lowest BCUT2D eigenvalue weighted by molar-refractivity contribution is 0.0997. The van der Waals surface area contributed by atoms with Gasteiger partial charge in [0, 0.05) is 15.1 Å². The average Bonchev–Trinajstić information content (AvgIpc) is 3.01. The monoisotopic (exact) mass is 390 g/mol. The number of nitrogen functional groups attached to an aromatic ring is 1. The van der Waals surface area contributed by atoms with Crippen LogP contribution >= 0.6 is 27.5 Å². The summed E-state index contributed by atoms with van der Waals surface area (Å²) in [7, 11) is 0. The van der Waals surface area contributed by atoms with E-state index in [9.17, 15) is 4.79 Å². The average molecular weight is 392 g/mol. The Morgan fingerprint density at radius 1 is 1.09 bits per heavy atom. The van der Waals surface area contributed by atoms with Crippen LogP contribution in [0.1, 0.15) is 10.6 Å². The Balaban J connectivity index is 1.79. The van der Waals surface area contributed by atoms with Gasteiger partial charge in [-0.3, -0.25) is 4.79 Å². The van der Waals surface area contributed by atoms with E-state index in [0.29, 0.717) is 22.2 Å². The molecular weight excluding hydrogens is 380 g/mol.